The number of benzene rings is 1. The van der Waals surface area contributed by atoms with Crippen LogP contribution in [0, 0.1) is 0 Å². The largest absolute Gasteiger partial charge is 0.748 e. The number of aliphatic hydroxyl groups is 1. The Morgan fingerprint density at radius 1 is 1.17 bits per heavy atom. The monoisotopic (exact) mass is 353 g/mol. The Labute approximate surface area is 140 Å². The molecule has 0 spiro atoms. The Hall–Kier alpha value is -1.73. The zero-order valence-electron chi connectivity index (χ0n) is 12.2. The van der Waals surface area contributed by atoms with E-state index in [-0.39, 0.29) is 6.61 Å². The van der Waals surface area contributed by atoms with Gasteiger partial charge < -0.3 is 9.66 Å². The van der Waals surface area contributed by atoms with Crippen LogP contribution in [-0.2, 0) is 16.7 Å². The van der Waals surface area contributed by atoms with Gasteiger partial charge in [-0.1, -0.05) is 29.8 Å². The van der Waals surface area contributed by atoms with Gasteiger partial charge in [0.1, 0.15) is 6.61 Å². The lowest BCUT2D eigenvalue weighted by Crippen LogP contribution is -2.34. The summed E-state index contributed by atoms with van der Waals surface area (Å²) >= 11 is 5.83. The Balaban J connectivity index is 2.39. The Morgan fingerprint density at radius 2 is 1.78 bits per heavy atom. The van der Waals surface area contributed by atoms with Crippen LogP contribution < -0.4 is 4.57 Å². The molecule has 1 aromatic carbocycles. The first-order valence-corrected chi connectivity index (χ1v) is 8.83. The molecule has 23 heavy (non-hydrogen) atoms. The molecule has 122 valence electrons. The molecule has 0 radical (unpaired) electrons. The van der Waals surface area contributed by atoms with Crippen molar-refractivity contribution in [2.75, 3.05) is 12.4 Å². The van der Waals surface area contributed by atoms with E-state index in [4.69, 9.17) is 16.7 Å². The van der Waals surface area contributed by atoms with Gasteiger partial charge in [-0.3, -0.25) is 0 Å². The van der Waals surface area contributed by atoms with E-state index in [1.807, 2.05) is 0 Å². The van der Waals surface area contributed by atoms with Gasteiger partial charge in [-0.05, 0) is 28.8 Å². The maximum atomic E-state index is 11.2. The van der Waals surface area contributed by atoms with Gasteiger partial charge in [0.2, 0.25) is 0 Å². The van der Waals surface area contributed by atoms with Crippen molar-refractivity contribution in [3.05, 3.63) is 64.9 Å². The highest BCUT2D eigenvalue weighted by Crippen LogP contribution is 2.20. The fourth-order valence-corrected chi connectivity index (χ4v) is 2.85. The highest BCUT2D eigenvalue weighted by Gasteiger charge is 2.09. The van der Waals surface area contributed by atoms with E-state index in [0.29, 0.717) is 22.7 Å². The summed E-state index contributed by atoms with van der Waals surface area (Å²) in [7, 11) is -4.41. The number of pyridine rings is 1. The number of hydrogen-bond acceptors (Lipinski definition) is 4. The van der Waals surface area contributed by atoms with Gasteiger partial charge in [-0.15, -0.1) is 0 Å². The van der Waals surface area contributed by atoms with Crippen LogP contribution in [0.4, 0.5) is 0 Å². The number of nitrogens with zero attached hydrogens (tertiary/aromatic N) is 1. The summed E-state index contributed by atoms with van der Waals surface area (Å²) in [6, 6.07) is 10.3. The average molecular weight is 354 g/mol. The maximum absolute atomic E-state index is 11.2. The predicted molar refractivity (Wildman–Crippen MR) is 87.6 cm³/mol. The van der Waals surface area contributed by atoms with Crippen molar-refractivity contribution in [1.82, 2.24) is 0 Å². The molecule has 2 rings (SSSR count). The van der Waals surface area contributed by atoms with Gasteiger partial charge in [-0.25, -0.2) is 13.0 Å². The normalized spacial score (nSPS) is 12.4. The van der Waals surface area contributed by atoms with Crippen molar-refractivity contribution in [2.24, 2.45) is 0 Å². The molecule has 0 bridgehead atoms. The molecule has 0 aliphatic carbocycles. The van der Waals surface area contributed by atoms with Crippen LogP contribution in [0.15, 0.2) is 48.8 Å². The first-order valence-electron chi connectivity index (χ1n) is 6.87. The second-order valence-electron chi connectivity index (χ2n) is 4.97. The summed E-state index contributed by atoms with van der Waals surface area (Å²) in [5, 5.41) is 9.48. The van der Waals surface area contributed by atoms with Gasteiger partial charge in [0.05, 0.1) is 15.9 Å². The molecule has 5 nitrogen and oxygen atoms in total. The maximum Gasteiger partial charge on any atom is 0.171 e. The van der Waals surface area contributed by atoms with Crippen LogP contribution in [0.5, 0.6) is 0 Å². The van der Waals surface area contributed by atoms with Crippen molar-refractivity contribution in [3.8, 4) is 0 Å². The Morgan fingerprint density at radius 3 is 2.30 bits per heavy atom. The summed E-state index contributed by atoms with van der Waals surface area (Å²) in [5.74, 6) is -0.598. The van der Waals surface area contributed by atoms with Crippen molar-refractivity contribution in [1.29, 1.82) is 0 Å². The van der Waals surface area contributed by atoms with Crippen LogP contribution in [0.1, 0.15) is 11.1 Å². The van der Waals surface area contributed by atoms with Crippen LogP contribution >= 0.6 is 11.6 Å². The highest BCUT2D eigenvalue weighted by molar-refractivity contribution is 7.86. The number of hydrogen-bond donors (Lipinski definition) is 1. The summed E-state index contributed by atoms with van der Waals surface area (Å²) in [5.41, 5.74) is 1.78. The number of aliphatic hydroxyl groups excluding tert-OH is 1. The number of halogens is 1. The molecule has 0 fully saturated rings. The summed E-state index contributed by atoms with van der Waals surface area (Å²) < 4.78 is 35.3. The molecule has 0 saturated heterocycles. The molecule has 7 heteroatoms. The third-order valence-corrected chi connectivity index (χ3v) is 4.08. The van der Waals surface area contributed by atoms with Crippen LogP contribution in [0.2, 0.25) is 5.02 Å². The molecule has 1 aromatic heterocycles. The van der Waals surface area contributed by atoms with Crippen molar-refractivity contribution >= 4 is 33.4 Å². The van der Waals surface area contributed by atoms with Crippen molar-refractivity contribution in [2.45, 2.75) is 6.54 Å². The Kier molecular flexibility index (Phi) is 5.90. The van der Waals surface area contributed by atoms with E-state index < -0.39 is 15.9 Å². The lowest BCUT2D eigenvalue weighted by Gasteiger charge is -2.11. The molecule has 1 heterocycles. The number of aromatic nitrogens is 1. The van der Waals surface area contributed by atoms with E-state index in [2.05, 4.69) is 0 Å². The SMILES string of the molecule is O=S(=O)([O-])CC(=Cc1ccc(Cl)cc1)c1cc[n+](CCO)cc1. The molecular formula is C16H16ClNO4S. The van der Waals surface area contributed by atoms with E-state index in [1.54, 1.807) is 59.4 Å². The van der Waals surface area contributed by atoms with Crippen LogP contribution in [-0.4, -0.2) is 30.4 Å². The molecule has 0 aliphatic heterocycles. The Bertz CT molecular complexity index is 784. The average Bonchev–Trinajstić information content (AvgIpc) is 2.49. The van der Waals surface area contributed by atoms with E-state index >= 15 is 0 Å². The minimum absolute atomic E-state index is 0.00637. The molecule has 0 amide bonds. The molecule has 0 saturated carbocycles. The topological polar surface area (TPSA) is 81.3 Å². The van der Waals surface area contributed by atoms with Crippen molar-refractivity contribution < 1.29 is 22.6 Å². The predicted octanol–water partition coefficient (Wildman–Crippen LogP) is 1.71. The fraction of sp³-hybridized carbons (Fsp3) is 0.188. The van der Waals surface area contributed by atoms with Gasteiger partial charge in [0, 0.05) is 17.2 Å². The molecule has 0 unspecified atom stereocenters. The van der Waals surface area contributed by atoms with Gasteiger partial charge in [-0.2, -0.15) is 0 Å². The summed E-state index contributed by atoms with van der Waals surface area (Å²) in [6.07, 6.45) is 5.09. The second-order valence-corrected chi connectivity index (χ2v) is 6.81. The van der Waals surface area contributed by atoms with Crippen molar-refractivity contribution in [3.63, 3.8) is 0 Å². The van der Waals surface area contributed by atoms with Crippen LogP contribution in [0.25, 0.3) is 11.6 Å². The summed E-state index contributed by atoms with van der Waals surface area (Å²) in [6.45, 7) is 0.447. The van der Waals surface area contributed by atoms with Gasteiger partial charge in [0.15, 0.2) is 18.9 Å². The van der Waals surface area contributed by atoms with E-state index in [0.717, 1.165) is 5.56 Å². The molecule has 2 aromatic rings. The highest BCUT2D eigenvalue weighted by atomic mass is 35.5. The lowest BCUT2D eigenvalue weighted by atomic mass is 10.1. The summed E-state index contributed by atoms with van der Waals surface area (Å²) in [4.78, 5) is 0. The zero-order chi connectivity index (χ0) is 16.9. The number of rotatable bonds is 6. The fourth-order valence-electron chi connectivity index (χ4n) is 2.09. The van der Waals surface area contributed by atoms with E-state index in [1.165, 1.54) is 0 Å². The van der Waals surface area contributed by atoms with E-state index in [9.17, 15) is 13.0 Å². The molecule has 1 N–H and O–H groups in total. The van der Waals surface area contributed by atoms with Crippen LogP contribution in [0.3, 0.4) is 0 Å². The minimum Gasteiger partial charge on any atom is -0.748 e. The molecular weight excluding hydrogens is 338 g/mol. The molecule has 0 atom stereocenters. The first-order chi connectivity index (χ1) is 10.9. The third-order valence-electron chi connectivity index (χ3n) is 3.16. The molecule has 0 aliphatic rings. The zero-order valence-corrected chi connectivity index (χ0v) is 13.8. The first kappa shape index (κ1) is 17.6. The standard InChI is InChI=1S/C16H16ClNO4S/c17-16-3-1-13(2-4-16)11-15(12-23(20,21)22)14-5-7-18(8-6-14)9-10-19/h1-8,11,19H,9-10,12H2. The minimum atomic E-state index is -4.41. The smallest absolute Gasteiger partial charge is 0.171 e. The second kappa shape index (κ2) is 7.70. The quantitative estimate of drug-likeness (QED) is 0.633. The van der Waals surface area contributed by atoms with Gasteiger partial charge >= 0.3 is 0 Å². The van der Waals surface area contributed by atoms with Gasteiger partial charge in [0.25, 0.3) is 0 Å². The lowest BCUT2D eigenvalue weighted by molar-refractivity contribution is -0.698. The third kappa shape index (κ3) is 5.76.